The van der Waals surface area contributed by atoms with Gasteiger partial charge >= 0.3 is 5.97 Å². The van der Waals surface area contributed by atoms with Crippen LogP contribution in [-0.4, -0.2) is 44.8 Å². The number of amides is 1. The number of benzene rings is 2. The lowest BCUT2D eigenvalue weighted by Crippen LogP contribution is -2.25. The molecule has 1 fully saturated rings. The van der Waals surface area contributed by atoms with E-state index in [9.17, 15) is 23.1 Å². The molecule has 28 heavy (non-hydrogen) atoms. The molecule has 0 saturated carbocycles. The van der Waals surface area contributed by atoms with Crippen LogP contribution < -0.4 is 14.4 Å². The Morgan fingerprint density at radius 3 is 2.61 bits per heavy atom. The molecule has 0 bridgehead atoms. The Bertz CT molecular complexity index is 1020. The van der Waals surface area contributed by atoms with Crippen molar-refractivity contribution in [2.75, 3.05) is 29.0 Å². The van der Waals surface area contributed by atoms with E-state index in [4.69, 9.17) is 4.74 Å². The van der Waals surface area contributed by atoms with Crippen LogP contribution in [0.4, 0.5) is 11.4 Å². The second-order valence-electron chi connectivity index (χ2n) is 6.32. The minimum atomic E-state index is -3.35. The van der Waals surface area contributed by atoms with Crippen molar-refractivity contribution in [2.45, 2.75) is 12.8 Å². The normalized spacial score (nSPS) is 15.2. The molecule has 0 radical (unpaired) electrons. The number of carbonyl (C=O) groups is 2. The summed E-state index contributed by atoms with van der Waals surface area (Å²) in [5.41, 5.74) is 1.33. The van der Waals surface area contributed by atoms with Crippen LogP contribution in [0.5, 0.6) is 5.75 Å². The zero-order valence-corrected chi connectivity index (χ0v) is 16.0. The molecule has 1 saturated heterocycles. The summed E-state index contributed by atoms with van der Waals surface area (Å²) in [6.07, 6.45) is 0.444. The lowest BCUT2D eigenvalue weighted by Gasteiger charge is -2.20. The molecular formula is C19H20N2O6S. The number of carboxylic acid groups (broad SMARTS) is 1. The molecule has 3 rings (SSSR count). The molecule has 1 amide bonds. The Morgan fingerprint density at radius 2 is 1.96 bits per heavy atom. The Morgan fingerprint density at radius 1 is 1.21 bits per heavy atom. The summed E-state index contributed by atoms with van der Waals surface area (Å²) in [5, 5.41) is 11.9. The van der Waals surface area contributed by atoms with Gasteiger partial charge in [0.2, 0.25) is 15.9 Å². The van der Waals surface area contributed by atoms with Gasteiger partial charge in [0.25, 0.3) is 0 Å². The predicted octanol–water partition coefficient (Wildman–Crippen LogP) is 2.11. The number of hydrogen-bond acceptors (Lipinski definition) is 5. The topological polar surface area (TPSA) is 113 Å². The SMILES string of the molecule is COc1cc(NC(=O)Cc2ccccc2C(=O)O)ccc1N1CCCS1(=O)=O. The molecule has 0 aromatic heterocycles. The first-order valence-electron chi connectivity index (χ1n) is 8.61. The molecule has 0 atom stereocenters. The fourth-order valence-electron chi connectivity index (χ4n) is 3.13. The van der Waals surface area contributed by atoms with Crippen LogP contribution in [0.1, 0.15) is 22.3 Å². The lowest BCUT2D eigenvalue weighted by atomic mass is 10.0. The van der Waals surface area contributed by atoms with Gasteiger partial charge in [-0.05, 0) is 30.2 Å². The van der Waals surface area contributed by atoms with E-state index in [0.717, 1.165) is 0 Å². The Kier molecular flexibility index (Phi) is 5.55. The molecule has 148 valence electrons. The zero-order valence-electron chi connectivity index (χ0n) is 15.2. The van der Waals surface area contributed by atoms with E-state index < -0.39 is 21.9 Å². The monoisotopic (exact) mass is 404 g/mol. The number of sulfonamides is 1. The molecule has 1 aliphatic rings. The number of ether oxygens (including phenoxy) is 1. The van der Waals surface area contributed by atoms with Gasteiger partial charge in [0.05, 0.1) is 30.5 Å². The summed E-state index contributed by atoms with van der Waals surface area (Å²) in [7, 11) is -1.93. The number of hydrogen-bond donors (Lipinski definition) is 2. The highest BCUT2D eigenvalue weighted by molar-refractivity contribution is 7.93. The van der Waals surface area contributed by atoms with E-state index in [1.165, 1.54) is 17.5 Å². The molecule has 2 aromatic carbocycles. The molecule has 9 heteroatoms. The molecular weight excluding hydrogens is 384 g/mol. The van der Waals surface area contributed by atoms with E-state index >= 15 is 0 Å². The third-order valence-electron chi connectivity index (χ3n) is 4.43. The molecule has 0 spiro atoms. The summed E-state index contributed by atoms with van der Waals surface area (Å²) in [6, 6.07) is 11.0. The zero-order chi connectivity index (χ0) is 20.3. The van der Waals surface area contributed by atoms with Crippen molar-refractivity contribution in [3.63, 3.8) is 0 Å². The number of methoxy groups -OCH3 is 1. The third-order valence-corrected chi connectivity index (χ3v) is 6.29. The van der Waals surface area contributed by atoms with Gasteiger partial charge in [0, 0.05) is 18.3 Å². The standard InChI is InChI=1S/C19H20N2O6S/c1-27-17-12-14(7-8-16(17)21-9-4-10-28(21,25)26)20-18(22)11-13-5-2-3-6-15(13)19(23)24/h2-3,5-8,12H,4,9-11H2,1H3,(H,20,22)(H,23,24). The average molecular weight is 404 g/mol. The van der Waals surface area contributed by atoms with Crippen LogP contribution in [0.2, 0.25) is 0 Å². The highest BCUT2D eigenvalue weighted by Gasteiger charge is 2.30. The van der Waals surface area contributed by atoms with Crippen molar-refractivity contribution in [3.8, 4) is 5.75 Å². The molecule has 0 aliphatic carbocycles. The third kappa shape index (κ3) is 4.09. The Hall–Kier alpha value is -3.07. The van der Waals surface area contributed by atoms with Crippen LogP contribution in [-0.2, 0) is 21.2 Å². The molecule has 1 aliphatic heterocycles. The molecule has 2 aromatic rings. The van der Waals surface area contributed by atoms with E-state index in [-0.39, 0.29) is 17.7 Å². The lowest BCUT2D eigenvalue weighted by molar-refractivity contribution is -0.115. The average Bonchev–Trinajstić information content (AvgIpc) is 3.00. The second-order valence-corrected chi connectivity index (χ2v) is 8.33. The first kappa shape index (κ1) is 19.7. The van der Waals surface area contributed by atoms with E-state index in [0.29, 0.717) is 35.7 Å². The minimum absolute atomic E-state index is 0.0739. The smallest absolute Gasteiger partial charge is 0.335 e. The van der Waals surface area contributed by atoms with E-state index in [1.807, 2.05) is 0 Å². The van der Waals surface area contributed by atoms with Gasteiger partial charge < -0.3 is 15.2 Å². The first-order valence-corrected chi connectivity index (χ1v) is 10.2. The summed E-state index contributed by atoms with van der Waals surface area (Å²) < 4.78 is 30.9. The van der Waals surface area contributed by atoms with Crippen LogP contribution >= 0.6 is 0 Å². The molecule has 1 heterocycles. The number of nitrogens with one attached hydrogen (secondary N) is 1. The van der Waals surface area contributed by atoms with E-state index in [1.54, 1.807) is 36.4 Å². The van der Waals surface area contributed by atoms with Gasteiger partial charge in [-0.1, -0.05) is 18.2 Å². The summed E-state index contributed by atoms with van der Waals surface area (Å²) in [6.45, 7) is 0.385. The van der Waals surface area contributed by atoms with Crippen molar-refractivity contribution in [2.24, 2.45) is 0 Å². The largest absolute Gasteiger partial charge is 0.494 e. The van der Waals surface area contributed by atoms with Crippen molar-refractivity contribution in [1.29, 1.82) is 0 Å². The maximum atomic E-state index is 12.3. The van der Waals surface area contributed by atoms with Gasteiger partial charge in [-0.3, -0.25) is 9.10 Å². The second kappa shape index (κ2) is 7.89. The Labute approximate surface area is 162 Å². The van der Waals surface area contributed by atoms with Crippen molar-refractivity contribution in [3.05, 3.63) is 53.6 Å². The fraction of sp³-hybridized carbons (Fsp3) is 0.263. The van der Waals surface area contributed by atoms with Gasteiger partial charge in [-0.2, -0.15) is 0 Å². The Balaban J connectivity index is 1.78. The number of carboxylic acids is 1. The number of nitrogens with zero attached hydrogens (tertiary/aromatic N) is 1. The van der Waals surface area contributed by atoms with Gasteiger partial charge in [-0.25, -0.2) is 13.2 Å². The number of anilines is 2. The quantitative estimate of drug-likeness (QED) is 0.762. The highest BCUT2D eigenvalue weighted by Crippen LogP contribution is 2.35. The van der Waals surface area contributed by atoms with E-state index in [2.05, 4.69) is 5.32 Å². The first-order chi connectivity index (χ1) is 13.3. The summed E-state index contributed by atoms with van der Waals surface area (Å²) in [4.78, 5) is 23.6. The van der Waals surface area contributed by atoms with Gasteiger partial charge in [0.15, 0.2) is 0 Å². The van der Waals surface area contributed by atoms with Crippen LogP contribution in [0.25, 0.3) is 0 Å². The van der Waals surface area contributed by atoms with Gasteiger partial charge in [-0.15, -0.1) is 0 Å². The maximum Gasteiger partial charge on any atom is 0.335 e. The minimum Gasteiger partial charge on any atom is -0.494 e. The van der Waals surface area contributed by atoms with Crippen molar-refractivity contribution < 1.29 is 27.9 Å². The summed E-state index contributed by atoms with van der Waals surface area (Å²) >= 11 is 0. The van der Waals surface area contributed by atoms with Crippen molar-refractivity contribution >= 4 is 33.3 Å². The maximum absolute atomic E-state index is 12.3. The van der Waals surface area contributed by atoms with Crippen LogP contribution in [0.15, 0.2) is 42.5 Å². The molecule has 8 nitrogen and oxygen atoms in total. The number of aromatic carboxylic acids is 1. The highest BCUT2D eigenvalue weighted by atomic mass is 32.2. The summed E-state index contributed by atoms with van der Waals surface area (Å²) in [5.74, 6) is -1.06. The number of rotatable bonds is 6. The fourth-order valence-corrected chi connectivity index (χ4v) is 4.70. The van der Waals surface area contributed by atoms with Crippen LogP contribution in [0, 0.1) is 0 Å². The van der Waals surface area contributed by atoms with Gasteiger partial charge in [0.1, 0.15) is 5.75 Å². The van der Waals surface area contributed by atoms with Crippen LogP contribution in [0.3, 0.4) is 0 Å². The number of carbonyl (C=O) groups excluding carboxylic acids is 1. The predicted molar refractivity (Wildman–Crippen MR) is 104 cm³/mol. The molecule has 2 N–H and O–H groups in total. The van der Waals surface area contributed by atoms with Crippen molar-refractivity contribution in [1.82, 2.24) is 0 Å². The molecule has 0 unspecified atom stereocenters.